The molecule has 17 heavy (non-hydrogen) atoms. The molecule has 0 aliphatic heterocycles. The molecule has 0 radical (unpaired) electrons. The van der Waals surface area contributed by atoms with Gasteiger partial charge in [-0.1, -0.05) is 13.8 Å². The minimum atomic E-state index is 0.140. The second-order valence-electron chi connectivity index (χ2n) is 5.21. The van der Waals surface area contributed by atoms with Crippen LogP contribution in [0.4, 0.5) is 5.82 Å². The molecule has 0 aromatic carbocycles. The number of thiophene rings is 1. The maximum Gasteiger partial charge on any atom is 0.134 e. The summed E-state index contributed by atoms with van der Waals surface area (Å²) in [5, 5.41) is 7.12. The average molecular weight is 267 g/mol. The van der Waals surface area contributed by atoms with Gasteiger partial charge in [0.1, 0.15) is 5.82 Å². The quantitative estimate of drug-likeness (QED) is 0.828. The van der Waals surface area contributed by atoms with Crippen molar-refractivity contribution in [1.29, 1.82) is 0 Å². The summed E-state index contributed by atoms with van der Waals surface area (Å²) in [5.74, 6) is 0.991. The van der Waals surface area contributed by atoms with E-state index >= 15 is 0 Å². The highest BCUT2D eigenvalue weighted by molar-refractivity contribution is 7.17. The van der Waals surface area contributed by atoms with E-state index in [0.29, 0.717) is 6.04 Å². The third-order valence-electron chi connectivity index (χ3n) is 3.84. The van der Waals surface area contributed by atoms with Crippen LogP contribution in [0.2, 0.25) is 0 Å². The van der Waals surface area contributed by atoms with Crippen LogP contribution in [0, 0.1) is 5.41 Å². The van der Waals surface area contributed by atoms with Crippen LogP contribution in [0.15, 0.2) is 23.7 Å². The van der Waals surface area contributed by atoms with Gasteiger partial charge in [-0.15, -0.1) is 22.9 Å². The molecule has 2 atom stereocenters. The van der Waals surface area contributed by atoms with Gasteiger partial charge in [0, 0.05) is 33.1 Å². The number of nitrogens with one attached hydrogen (secondary N) is 1. The fourth-order valence-corrected chi connectivity index (χ4v) is 3.40. The second-order valence-corrected chi connectivity index (χ2v) is 6.69. The molecule has 0 spiro atoms. The third-order valence-corrected chi connectivity index (χ3v) is 5.46. The number of alkyl halides is 1. The summed E-state index contributed by atoms with van der Waals surface area (Å²) in [5.41, 5.74) is 0.140. The lowest BCUT2D eigenvalue weighted by Gasteiger charge is -2.49. The van der Waals surface area contributed by atoms with Gasteiger partial charge in [-0.3, -0.25) is 0 Å². The van der Waals surface area contributed by atoms with Gasteiger partial charge < -0.3 is 5.32 Å². The Kier molecular flexibility index (Phi) is 2.56. The highest BCUT2D eigenvalue weighted by Gasteiger charge is 2.47. The molecular weight excluding hydrogens is 252 g/mol. The predicted octanol–water partition coefficient (Wildman–Crippen LogP) is 4.11. The smallest absolute Gasteiger partial charge is 0.134 e. The lowest BCUT2D eigenvalue weighted by atomic mass is 9.67. The number of halogens is 1. The van der Waals surface area contributed by atoms with E-state index in [1.807, 2.05) is 6.20 Å². The van der Waals surface area contributed by atoms with Gasteiger partial charge in [-0.25, -0.2) is 4.98 Å². The van der Waals surface area contributed by atoms with E-state index in [4.69, 9.17) is 11.6 Å². The molecule has 1 aliphatic rings. The van der Waals surface area contributed by atoms with Crippen LogP contribution >= 0.6 is 22.9 Å². The van der Waals surface area contributed by atoms with E-state index in [9.17, 15) is 0 Å². The number of nitrogens with zero attached hydrogens (tertiary/aromatic N) is 1. The summed E-state index contributed by atoms with van der Waals surface area (Å²) in [6.07, 6.45) is 2.88. The minimum absolute atomic E-state index is 0.140. The van der Waals surface area contributed by atoms with E-state index in [2.05, 4.69) is 41.7 Å². The number of pyridine rings is 1. The van der Waals surface area contributed by atoms with E-state index in [1.54, 1.807) is 11.3 Å². The molecule has 1 N–H and O–H groups in total. The highest BCUT2D eigenvalue weighted by Crippen LogP contribution is 2.46. The molecule has 2 unspecified atom stereocenters. The van der Waals surface area contributed by atoms with Gasteiger partial charge in [0.2, 0.25) is 0 Å². The zero-order valence-electron chi connectivity index (χ0n) is 9.90. The fourth-order valence-electron chi connectivity index (χ4n) is 2.29. The van der Waals surface area contributed by atoms with E-state index < -0.39 is 0 Å². The van der Waals surface area contributed by atoms with Gasteiger partial charge in [0.25, 0.3) is 0 Å². The summed E-state index contributed by atoms with van der Waals surface area (Å²) < 4.78 is 1.28. The van der Waals surface area contributed by atoms with Crippen LogP contribution in [0.3, 0.4) is 0 Å². The summed E-state index contributed by atoms with van der Waals surface area (Å²) in [6.45, 7) is 4.42. The minimum Gasteiger partial charge on any atom is -0.366 e. The van der Waals surface area contributed by atoms with Crippen LogP contribution in [0.5, 0.6) is 0 Å². The Morgan fingerprint density at radius 2 is 2.29 bits per heavy atom. The standard InChI is InChI=1S/C13H15ClN2S/c1-13(2)10(14)7-11(13)16-12-8-4-6-17-9(8)3-5-15-12/h3-6,10-11H,7H2,1-2H3,(H,15,16). The number of aromatic nitrogens is 1. The Hall–Kier alpha value is -0.800. The number of rotatable bonds is 2. The highest BCUT2D eigenvalue weighted by atomic mass is 35.5. The maximum atomic E-state index is 6.24. The van der Waals surface area contributed by atoms with Gasteiger partial charge in [0.15, 0.2) is 0 Å². The Morgan fingerprint density at radius 1 is 1.47 bits per heavy atom. The van der Waals surface area contributed by atoms with Crippen LogP contribution in [0.1, 0.15) is 20.3 Å². The number of hydrogen-bond acceptors (Lipinski definition) is 3. The first-order valence-electron chi connectivity index (χ1n) is 5.82. The third kappa shape index (κ3) is 1.72. The lowest BCUT2D eigenvalue weighted by Crippen LogP contribution is -2.54. The summed E-state index contributed by atoms with van der Waals surface area (Å²) >= 11 is 7.99. The first-order valence-corrected chi connectivity index (χ1v) is 7.13. The largest absolute Gasteiger partial charge is 0.366 e. The molecule has 0 bridgehead atoms. The van der Waals surface area contributed by atoms with Crippen molar-refractivity contribution in [2.75, 3.05) is 5.32 Å². The van der Waals surface area contributed by atoms with Crippen molar-refractivity contribution in [2.45, 2.75) is 31.7 Å². The zero-order valence-corrected chi connectivity index (χ0v) is 11.5. The molecule has 4 heteroatoms. The predicted molar refractivity (Wildman–Crippen MR) is 75.1 cm³/mol. The average Bonchev–Trinajstić information content (AvgIpc) is 2.77. The van der Waals surface area contributed by atoms with Crippen molar-refractivity contribution >= 4 is 38.8 Å². The Balaban J connectivity index is 1.89. The summed E-state index contributed by atoms with van der Waals surface area (Å²) in [6, 6.07) is 4.60. The molecule has 0 saturated heterocycles. The van der Waals surface area contributed by atoms with Gasteiger partial charge in [-0.05, 0) is 23.9 Å². The number of hydrogen-bond donors (Lipinski definition) is 1. The van der Waals surface area contributed by atoms with Crippen molar-refractivity contribution in [2.24, 2.45) is 5.41 Å². The first kappa shape index (κ1) is 11.3. The Bertz CT molecular complexity index is 549. The summed E-state index contributed by atoms with van der Waals surface area (Å²) in [7, 11) is 0. The molecule has 2 heterocycles. The van der Waals surface area contributed by atoms with Crippen molar-refractivity contribution in [1.82, 2.24) is 4.98 Å². The fraction of sp³-hybridized carbons (Fsp3) is 0.462. The van der Waals surface area contributed by atoms with E-state index in [1.165, 1.54) is 10.1 Å². The Morgan fingerprint density at radius 3 is 3.00 bits per heavy atom. The first-order chi connectivity index (χ1) is 8.09. The molecule has 90 valence electrons. The lowest BCUT2D eigenvalue weighted by molar-refractivity contribution is 0.168. The van der Waals surface area contributed by atoms with Gasteiger partial charge in [0.05, 0.1) is 0 Å². The van der Waals surface area contributed by atoms with Crippen molar-refractivity contribution in [3.63, 3.8) is 0 Å². The van der Waals surface area contributed by atoms with Crippen molar-refractivity contribution in [3.05, 3.63) is 23.7 Å². The Labute approximate surface area is 110 Å². The summed E-state index contributed by atoms with van der Waals surface area (Å²) in [4.78, 5) is 4.44. The second kappa shape index (κ2) is 3.85. The molecule has 3 rings (SSSR count). The normalized spacial score (nSPS) is 26.8. The topological polar surface area (TPSA) is 24.9 Å². The number of anilines is 1. The van der Waals surface area contributed by atoms with Crippen LogP contribution in [-0.2, 0) is 0 Å². The number of fused-ring (bicyclic) bond motifs is 1. The molecule has 2 aromatic heterocycles. The maximum absolute atomic E-state index is 6.24. The van der Waals surface area contributed by atoms with Crippen LogP contribution < -0.4 is 5.32 Å². The van der Waals surface area contributed by atoms with Gasteiger partial charge >= 0.3 is 0 Å². The molecule has 1 aliphatic carbocycles. The molecule has 2 nitrogen and oxygen atoms in total. The zero-order chi connectivity index (χ0) is 12.0. The molecule has 1 fully saturated rings. The molecule has 2 aromatic rings. The van der Waals surface area contributed by atoms with Crippen LogP contribution in [0.25, 0.3) is 10.1 Å². The molecule has 1 saturated carbocycles. The van der Waals surface area contributed by atoms with Crippen molar-refractivity contribution in [3.8, 4) is 0 Å². The van der Waals surface area contributed by atoms with Gasteiger partial charge in [-0.2, -0.15) is 0 Å². The SMILES string of the molecule is CC1(C)C(Cl)CC1Nc1nccc2sccc12. The van der Waals surface area contributed by atoms with E-state index in [0.717, 1.165) is 12.2 Å². The van der Waals surface area contributed by atoms with E-state index in [-0.39, 0.29) is 10.8 Å². The van der Waals surface area contributed by atoms with Crippen molar-refractivity contribution < 1.29 is 0 Å². The molecular formula is C13H15ClN2S. The monoisotopic (exact) mass is 266 g/mol. The van der Waals surface area contributed by atoms with Crippen LogP contribution in [-0.4, -0.2) is 16.4 Å². The molecule has 0 amide bonds.